The van der Waals surface area contributed by atoms with Crippen LogP contribution in [0.25, 0.3) is 0 Å². The summed E-state index contributed by atoms with van der Waals surface area (Å²) in [5.74, 6) is 0.127. The van der Waals surface area contributed by atoms with Gasteiger partial charge in [0.1, 0.15) is 11.8 Å². The van der Waals surface area contributed by atoms with E-state index < -0.39 is 12.0 Å². The highest BCUT2D eigenvalue weighted by Gasteiger charge is 2.19. The van der Waals surface area contributed by atoms with Crippen molar-refractivity contribution in [2.45, 2.75) is 26.3 Å². The van der Waals surface area contributed by atoms with Crippen LogP contribution in [0.2, 0.25) is 0 Å². The van der Waals surface area contributed by atoms with Crippen molar-refractivity contribution >= 4 is 5.97 Å². The summed E-state index contributed by atoms with van der Waals surface area (Å²) in [5.41, 5.74) is 0. The fourth-order valence-electron chi connectivity index (χ4n) is 1.64. The number of carboxylic acid groups (broad SMARTS) is 1. The number of para-hydroxylation sites is 1. The van der Waals surface area contributed by atoms with Crippen molar-refractivity contribution in [2.75, 3.05) is 13.2 Å². The molecule has 18 heavy (non-hydrogen) atoms. The van der Waals surface area contributed by atoms with E-state index in [4.69, 9.17) is 9.84 Å². The van der Waals surface area contributed by atoms with Gasteiger partial charge < -0.3 is 15.2 Å². The van der Waals surface area contributed by atoms with Gasteiger partial charge in [0.25, 0.3) is 0 Å². The molecule has 0 spiro atoms. The SMILES string of the molecule is CC(C)C(NCCCOc1ccccc1)C(=O)O. The van der Waals surface area contributed by atoms with E-state index in [-0.39, 0.29) is 5.92 Å². The number of nitrogens with one attached hydrogen (secondary N) is 1. The van der Waals surface area contributed by atoms with Crippen LogP contribution < -0.4 is 10.1 Å². The topological polar surface area (TPSA) is 58.6 Å². The number of carboxylic acids is 1. The van der Waals surface area contributed by atoms with Crippen LogP contribution in [0.4, 0.5) is 0 Å². The molecule has 0 saturated carbocycles. The zero-order valence-electron chi connectivity index (χ0n) is 10.9. The Hall–Kier alpha value is -1.55. The fourth-order valence-corrected chi connectivity index (χ4v) is 1.64. The van der Waals surface area contributed by atoms with Crippen molar-refractivity contribution in [1.82, 2.24) is 5.32 Å². The number of hydrogen-bond acceptors (Lipinski definition) is 3. The highest BCUT2D eigenvalue weighted by Crippen LogP contribution is 2.08. The summed E-state index contributed by atoms with van der Waals surface area (Å²) in [6.45, 7) is 5.02. The molecule has 0 saturated heterocycles. The maximum Gasteiger partial charge on any atom is 0.320 e. The highest BCUT2D eigenvalue weighted by molar-refractivity contribution is 5.73. The average Bonchev–Trinajstić information content (AvgIpc) is 2.34. The van der Waals surface area contributed by atoms with Crippen LogP contribution in [-0.2, 0) is 4.79 Å². The Morgan fingerprint density at radius 2 is 2.00 bits per heavy atom. The molecule has 4 nitrogen and oxygen atoms in total. The molecule has 0 radical (unpaired) electrons. The van der Waals surface area contributed by atoms with Gasteiger partial charge in [-0.15, -0.1) is 0 Å². The molecular formula is C14H21NO3. The maximum atomic E-state index is 10.9. The van der Waals surface area contributed by atoms with Crippen LogP contribution in [0.1, 0.15) is 20.3 Å². The summed E-state index contributed by atoms with van der Waals surface area (Å²) in [5, 5.41) is 12.0. The van der Waals surface area contributed by atoms with Crippen LogP contribution in [-0.4, -0.2) is 30.3 Å². The minimum absolute atomic E-state index is 0.0811. The minimum Gasteiger partial charge on any atom is -0.494 e. The number of ether oxygens (including phenoxy) is 1. The van der Waals surface area contributed by atoms with E-state index in [1.807, 2.05) is 44.2 Å². The van der Waals surface area contributed by atoms with Gasteiger partial charge in [0.05, 0.1) is 6.61 Å². The van der Waals surface area contributed by atoms with Gasteiger partial charge in [0.15, 0.2) is 0 Å². The van der Waals surface area contributed by atoms with E-state index in [2.05, 4.69) is 5.32 Å². The molecule has 0 aliphatic heterocycles. The third kappa shape index (κ3) is 5.19. The van der Waals surface area contributed by atoms with Crippen molar-refractivity contribution in [3.8, 4) is 5.75 Å². The first-order valence-corrected chi connectivity index (χ1v) is 6.25. The van der Waals surface area contributed by atoms with E-state index in [1.165, 1.54) is 0 Å². The Bertz CT molecular complexity index is 351. The predicted molar refractivity (Wildman–Crippen MR) is 70.8 cm³/mol. The lowest BCUT2D eigenvalue weighted by Gasteiger charge is -2.17. The highest BCUT2D eigenvalue weighted by atomic mass is 16.5. The first-order valence-electron chi connectivity index (χ1n) is 6.25. The van der Waals surface area contributed by atoms with Crippen molar-refractivity contribution in [2.24, 2.45) is 5.92 Å². The molecule has 0 amide bonds. The van der Waals surface area contributed by atoms with E-state index in [0.29, 0.717) is 13.2 Å². The second-order valence-electron chi connectivity index (χ2n) is 4.53. The van der Waals surface area contributed by atoms with Gasteiger partial charge in [-0.2, -0.15) is 0 Å². The van der Waals surface area contributed by atoms with Crippen molar-refractivity contribution < 1.29 is 14.6 Å². The third-order valence-electron chi connectivity index (χ3n) is 2.63. The van der Waals surface area contributed by atoms with Crippen LogP contribution >= 0.6 is 0 Å². The molecule has 0 fully saturated rings. The maximum absolute atomic E-state index is 10.9. The minimum atomic E-state index is -0.797. The lowest BCUT2D eigenvalue weighted by Crippen LogP contribution is -2.41. The molecule has 1 atom stereocenters. The fraction of sp³-hybridized carbons (Fsp3) is 0.500. The zero-order chi connectivity index (χ0) is 13.4. The van der Waals surface area contributed by atoms with Gasteiger partial charge >= 0.3 is 5.97 Å². The first kappa shape index (κ1) is 14.5. The Labute approximate surface area is 108 Å². The van der Waals surface area contributed by atoms with Crippen molar-refractivity contribution in [1.29, 1.82) is 0 Å². The summed E-state index contributed by atoms with van der Waals surface area (Å²) in [7, 11) is 0. The van der Waals surface area contributed by atoms with E-state index in [0.717, 1.165) is 12.2 Å². The molecule has 0 bridgehead atoms. The second kappa shape index (κ2) is 7.71. The average molecular weight is 251 g/mol. The second-order valence-corrected chi connectivity index (χ2v) is 4.53. The largest absolute Gasteiger partial charge is 0.494 e. The summed E-state index contributed by atoms with van der Waals surface area (Å²) in [6.07, 6.45) is 0.783. The van der Waals surface area contributed by atoms with Crippen LogP contribution in [0, 0.1) is 5.92 Å². The number of carbonyl (C=O) groups is 1. The number of rotatable bonds is 8. The lowest BCUT2D eigenvalue weighted by molar-refractivity contribution is -0.140. The number of aliphatic carboxylic acids is 1. The molecule has 0 aromatic heterocycles. The zero-order valence-corrected chi connectivity index (χ0v) is 10.9. The molecule has 0 aliphatic carbocycles. The molecule has 100 valence electrons. The normalized spacial score (nSPS) is 12.4. The molecule has 1 aromatic rings. The Balaban J connectivity index is 2.17. The van der Waals surface area contributed by atoms with Crippen LogP contribution in [0.3, 0.4) is 0 Å². The van der Waals surface area contributed by atoms with Gasteiger partial charge in [0, 0.05) is 0 Å². The van der Waals surface area contributed by atoms with Gasteiger partial charge in [0.2, 0.25) is 0 Å². The smallest absolute Gasteiger partial charge is 0.320 e. The summed E-state index contributed by atoms with van der Waals surface area (Å²) in [6, 6.07) is 9.11. The lowest BCUT2D eigenvalue weighted by atomic mass is 10.0. The third-order valence-corrected chi connectivity index (χ3v) is 2.63. The number of benzene rings is 1. The molecule has 4 heteroatoms. The summed E-state index contributed by atoms with van der Waals surface area (Å²) >= 11 is 0. The molecular weight excluding hydrogens is 230 g/mol. The summed E-state index contributed by atoms with van der Waals surface area (Å²) in [4.78, 5) is 10.9. The van der Waals surface area contributed by atoms with Gasteiger partial charge in [-0.3, -0.25) is 4.79 Å². The Morgan fingerprint density at radius 1 is 1.33 bits per heavy atom. The van der Waals surface area contributed by atoms with Gasteiger partial charge in [-0.1, -0.05) is 32.0 Å². The van der Waals surface area contributed by atoms with Crippen molar-refractivity contribution in [3.63, 3.8) is 0 Å². The molecule has 0 heterocycles. The molecule has 0 aliphatic rings. The van der Waals surface area contributed by atoms with E-state index >= 15 is 0 Å². The van der Waals surface area contributed by atoms with Gasteiger partial charge in [-0.25, -0.2) is 0 Å². The summed E-state index contributed by atoms with van der Waals surface area (Å²) < 4.78 is 5.52. The molecule has 1 aromatic carbocycles. The number of hydrogen-bond donors (Lipinski definition) is 2. The first-order chi connectivity index (χ1) is 8.61. The standard InChI is InChI=1S/C14H21NO3/c1-11(2)13(14(16)17)15-9-6-10-18-12-7-4-3-5-8-12/h3-5,7-8,11,13,15H,6,9-10H2,1-2H3,(H,16,17). The van der Waals surface area contributed by atoms with E-state index in [9.17, 15) is 4.79 Å². The quantitative estimate of drug-likeness (QED) is 0.695. The van der Waals surface area contributed by atoms with Crippen molar-refractivity contribution in [3.05, 3.63) is 30.3 Å². The molecule has 1 unspecified atom stereocenters. The van der Waals surface area contributed by atoms with Gasteiger partial charge in [-0.05, 0) is 31.0 Å². The predicted octanol–water partition coefficient (Wildman–Crippen LogP) is 2.15. The van der Waals surface area contributed by atoms with Crippen LogP contribution in [0.15, 0.2) is 30.3 Å². The Kier molecular flexibility index (Phi) is 6.22. The molecule has 2 N–H and O–H groups in total. The van der Waals surface area contributed by atoms with E-state index in [1.54, 1.807) is 0 Å². The van der Waals surface area contributed by atoms with Crippen LogP contribution in [0.5, 0.6) is 5.75 Å². The molecule has 1 rings (SSSR count). The monoisotopic (exact) mass is 251 g/mol. The Morgan fingerprint density at radius 3 is 2.56 bits per heavy atom.